The molecule has 0 radical (unpaired) electrons. The van der Waals surface area contributed by atoms with E-state index in [1.54, 1.807) is 0 Å². The number of thiophene rings is 1. The van der Waals surface area contributed by atoms with Crippen LogP contribution in [0.3, 0.4) is 0 Å². The average Bonchev–Trinajstić information content (AvgIpc) is 2.70. The van der Waals surface area contributed by atoms with Crippen LogP contribution in [-0.4, -0.2) is 6.04 Å². The topological polar surface area (TPSA) is 12.0 Å². The largest absolute Gasteiger partial charge is 0.309 e. The van der Waals surface area contributed by atoms with Crippen molar-refractivity contribution in [1.29, 1.82) is 0 Å². The first-order valence-electron chi connectivity index (χ1n) is 7.01. The van der Waals surface area contributed by atoms with Gasteiger partial charge in [-0.25, -0.2) is 0 Å². The van der Waals surface area contributed by atoms with Crippen LogP contribution in [0, 0.1) is 11.8 Å². The number of rotatable bonds is 4. The van der Waals surface area contributed by atoms with Crippen LogP contribution in [0.25, 0.3) is 0 Å². The number of nitrogens with one attached hydrogen (secondary N) is 1. The van der Waals surface area contributed by atoms with Crippen LogP contribution in [0.5, 0.6) is 0 Å². The van der Waals surface area contributed by atoms with E-state index < -0.39 is 0 Å². The third kappa shape index (κ3) is 4.11. The molecule has 0 bridgehead atoms. The van der Waals surface area contributed by atoms with Gasteiger partial charge in [0.05, 0.1) is 0 Å². The summed E-state index contributed by atoms with van der Waals surface area (Å²) in [5.74, 6) is 1.83. The van der Waals surface area contributed by atoms with Gasteiger partial charge in [-0.05, 0) is 42.5 Å². The molecule has 1 aromatic heterocycles. The zero-order chi connectivity index (χ0) is 12.1. The maximum absolute atomic E-state index is 3.73. The van der Waals surface area contributed by atoms with E-state index in [0.29, 0.717) is 0 Å². The molecule has 17 heavy (non-hydrogen) atoms. The van der Waals surface area contributed by atoms with Crippen molar-refractivity contribution in [2.75, 3.05) is 0 Å². The van der Waals surface area contributed by atoms with E-state index in [-0.39, 0.29) is 0 Å². The first kappa shape index (κ1) is 13.1. The summed E-state index contributed by atoms with van der Waals surface area (Å²) in [6.45, 7) is 5.82. The Morgan fingerprint density at radius 2 is 2.18 bits per heavy atom. The van der Waals surface area contributed by atoms with Crippen molar-refractivity contribution in [2.45, 2.75) is 58.5 Å². The number of hydrogen-bond acceptors (Lipinski definition) is 2. The highest BCUT2D eigenvalue weighted by atomic mass is 32.1. The first-order chi connectivity index (χ1) is 8.25. The van der Waals surface area contributed by atoms with Gasteiger partial charge in [-0.15, -0.1) is 11.3 Å². The van der Waals surface area contributed by atoms with E-state index in [0.717, 1.165) is 24.4 Å². The molecule has 0 saturated heterocycles. The second-order valence-electron chi connectivity index (χ2n) is 5.67. The van der Waals surface area contributed by atoms with E-state index in [4.69, 9.17) is 0 Å². The van der Waals surface area contributed by atoms with Gasteiger partial charge in [-0.1, -0.05) is 32.8 Å². The van der Waals surface area contributed by atoms with Gasteiger partial charge in [-0.2, -0.15) is 0 Å². The van der Waals surface area contributed by atoms with Crippen molar-refractivity contribution in [2.24, 2.45) is 11.8 Å². The summed E-state index contributed by atoms with van der Waals surface area (Å²) in [6.07, 6.45) is 7.00. The molecule has 2 heteroatoms. The van der Waals surface area contributed by atoms with Crippen LogP contribution in [0.1, 0.15) is 50.8 Å². The summed E-state index contributed by atoms with van der Waals surface area (Å²) in [6, 6.07) is 5.12. The summed E-state index contributed by atoms with van der Waals surface area (Å²) < 4.78 is 0. The molecule has 1 aliphatic carbocycles. The van der Waals surface area contributed by atoms with Crippen molar-refractivity contribution >= 4 is 11.3 Å². The molecule has 1 heterocycles. The van der Waals surface area contributed by atoms with Gasteiger partial charge < -0.3 is 5.32 Å². The standard InChI is InChI=1S/C15H25NS/c1-12(2)13-5-3-6-14(9-8-13)16-11-15-7-4-10-17-15/h4,7,10,12-14,16H,3,5-6,8-9,11H2,1-2H3. The summed E-state index contributed by atoms with van der Waals surface area (Å²) in [4.78, 5) is 1.47. The highest BCUT2D eigenvalue weighted by Crippen LogP contribution is 2.28. The molecule has 2 unspecified atom stereocenters. The van der Waals surface area contributed by atoms with Crippen molar-refractivity contribution in [3.8, 4) is 0 Å². The second-order valence-corrected chi connectivity index (χ2v) is 6.70. The van der Waals surface area contributed by atoms with E-state index in [2.05, 4.69) is 36.7 Å². The molecule has 1 fully saturated rings. The molecule has 1 aromatic rings. The lowest BCUT2D eigenvalue weighted by Gasteiger charge is -2.19. The maximum Gasteiger partial charge on any atom is 0.0302 e. The van der Waals surface area contributed by atoms with Crippen LogP contribution in [0.4, 0.5) is 0 Å². The molecule has 0 spiro atoms. The van der Waals surface area contributed by atoms with Crippen molar-refractivity contribution in [3.63, 3.8) is 0 Å². The Balaban J connectivity index is 1.75. The minimum absolute atomic E-state index is 0.751. The van der Waals surface area contributed by atoms with E-state index in [1.165, 1.54) is 37.0 Å². The third-order valence-corrected chi connectivity index (χ3v) is 4.98. The fourth-order valence-electron chi connectivity index (χ4n) is 2.86. The molecule has 0 aromatic carbocycles. The normalized spacial score (nSPS) is 26.1. The molecule has 0 amide bonds. The summed E-state index contributed by atoms with van der Waals surface area (Å²) >= 11 is 1.86. The van der Waals surface area contributed by atoms with Gasteiger partial charge in [0.1, 0.15) is 0 Å². The van der Waals surface area contributed by atoms with Gasteiger partial charge >= 0.3 is 0 Å². The number of hydrogen-bond donors (Lipinski definition) is 1. The minimum atomic E-state index is 0.751. The third-order valence-electron chi connectivity index (χ3n) is 4.10. The van der Waals surface area contributed by atoms with Gasteiger partial charge in [-0.3, -0.25) is 0 Å². The molecule has 2 rings (SSSR count). The van der Waals surface area contributed by atoms with E-state index >= 15 is 0 Å². The zero-order valence-corrected chi connectivity index (χ0v) is 11.9. The highest BCUT2D eigenvalue weighted by molar-refractivity contribution is 7.09. The molecular formula is C15H25NS. The Morgan fingerprint density at radius 3 is 2.88 bits per heavy atom. The van der Waals surface area contributed by atoms with Crippen molar-refractivity contribution in [3.05, 3.63) is 22.4 Å². The van der Waals surface area contributed by atoms with Gasteiger partial charge in [0.25, 0.3) is 0 Å². The predicted octanol–water partition coefficient (Wildman–Crippen LogP) is 4.44. The minimum Gasteiger partial charge on any atom is -0.309 e. The molecule has 1 saturated carbocycles. The van der Waals surface area contributed by atoms with Crippen molar-refractivity contribution < 1.29 is 0 Å². The predicted molar refractivity (Wildman–Crippen MR) is 76.4 cm³/mol. The molecule has 96 valence electrons. The van der Waals surface area contributed by atoms with Crippen molar-refractivity contribution in [1.82, 2.24) is 5.32 Å². The second kappa shape index (κ2) is 6.55. The first-order valence-corrected chi connectivity index (χ1v) is 7.89. The quantitative estimate of drug-likeness (QED) is 0.780. The molecular weight excluding hydrogens is 226 g/mol. The maximum atomic E-state index is 3.73. The molecule has 2 atom stereocenters. The van der Waals surface area contributed by atoms with E-state index in [9.17, 15) is 0 Å². The molecule has 1 nitrogen and oxygen atoms in total. The summed E-state index contributed by atoms with van der Waals surface area (Å²) in [5, 5.41) is 5.90. The van der Waals surface area contributed by atoms with Gasteiger partial charge in [0.2, 0.25) is 0 Å². The average molecular weight is 251 g/mol. The smallest absolute Gasteiger partial charge is 0.0302 e. The molecule has 0 aliphatic heterocycles. The molecule has 1 aliphatic rings. The van der Waals surface area contributed by atoms with Crippen LogP contribution in [0.2, 0.25) is 0 Å². The highest BCUT2D eigenvalue weighted by Gasteiger charge is 2.20. The van der Waals surface area contributed by atoms with Gasteiger partial charge in [0, 0.05) is 17.5 Å². The zero-order valence-electron chi connectivity index (χ0n) is 11.1. The van der Waals surface area contributed by atoms with Crippen LogP contribution in [-0.2, 0) is 6.54 Å². The van der Waals surface area contributed by atoms with Crippen LogP contribution in [0.15, 0.2) is 17.5 Å². The monoisotopic (exact) mass is 251 g/mol. The fraction of sp³-hybridized carbons (Fsp3) is 0.733. The van der Waals surface area contributed by atoms with Crippen LogP contribution < -0.4 is 5.32 Å². The summed E-state index contributed by atoms with van der Waals surface area (Å²) in [5.41, 5.74) is 0. The summed E-state index contributed by atoms with van der Waals surface area (Å²) in [7, 11) is 0. The molecule has 1 N–H and O–H groups in total. The van der Waals surface area contributed by atoms with E-state index in [1.807, 2.05) is 11.3 Å². The Hall–Kier alpha value is -0.340. The lowest BCUT2D eigenvalue weighted by atomic mass is 9.89. The lowest BCUT2D eigenvalue weighted by molar-refractivity contribution is 0.338. The Morgan fingerprint density at radius 1 is 1.29 bits per heavy atom. The van der Waals surface area contributed by atoms with Crippen LogP contribution >= 0.6 is 11.3 Å². The Labute approximate surface area is 110 Å². The SMILES string of the molecule is CC(C)C1CCCC(NCc2cccs2)CC1. The fourth-order valence-corrected chi connectivity index (χ4v) is 3.51. The van der Waals surface area contributed by atoms with Gasteiger partial charge in [0.15, 0.2) is 0 Å². The Bertz CT molecular complexity index is 305. The Kier molecular flexibility index (Phi) is 5.05. The lowest BCUT2D eigenvalue weighted by Crippen LogP contribution is -2.27.